The predicted molar refractivity (Wildman–Crippen MR) is 101 cm³/mol. The molecule has 0 saturated carbocycles. The number of halogens is 2. The zero-order valence-electron chi connectivity index (χ0n) is 14.1. The zero-order valence-corrected chi connectivity index (χ0v) is 15.6. The fourth-order valence-electron chi connectivity index (χ4n) is 3.64. The lowest BCUT2D eigenvalue weighted by molar-refractivity contribution is -0.145. The van der Waals surface area contributed by atoms with Crippen LogP contribution in [0.2, 0.25) is 10.0 Å². The number of rotatable bonds is 4. The number of carboxylic acid groups (broad SMARTS) is 1. The summed E-state index contributed by atoms with van der Waals surface area (Å²) in [6, 6.07) is 12.9. The molecule has 0 aromatic heterocycles. The minimum Gasteiger partial charge on any atom is -0.480 e. The van der Waals surface area contributed by atoms with Crippen molar-refractivity contribution in [2.45, 2.75) is 38.3 Å². The molecule has 0 bridgehead atoms. The number of benzene rings is 2. The third-order valence-electron chi connectivity index (χ3n) is 4.78. The van der Waals surface area contributed by atoms with E-state index in [0.29, 0.717) is 16.5 Å². The van der Waals surface area contributed by atoms with Gasteiger partial charge in [0, 0.05) is 10.0 Å². The van der Waals surface area contributed by atoms with Gasteiger partial charge in [0.25, 0.3) is 0 Å². The second-order valence-corrected chi connectivity index (χ2v) is 7.41. The molecule has 1 heterocycles. The molecule has 2 aromatic carbocycles. The van der Waals surface area contributed by atoms with Crippen LogP contribution < -0.4 is 0 Å². The van der Waals surface area contributed by atoms with Crippen LogP contribution in [-0.4, -0.2) is 28.6 Å². The molecule has 1 fully saturated rings. The van der Waals surface area contributed by atoms with Crippen molar-refractivity contribution in [1.82, 2.24) is 4.90 Å². The summed E-state index contributed by atoms with van der Waals surface area (Å²) < 4.78 is 0. The highest BCUT2D eigenvalue weighted by Crippen LogP contribution is 2.38. The molecule has 132 valence electrons. The van der Waals surface area contributed by atoms with Crippen LogP contribution in [0.3, 0.4) is 0 Å². The van der Waals surface area contributed by atoms with Gasteiger partial charge in [-0.25, -0.2) is 0 Å². The number of hydrogen-bond acceptors (Lipinski definition) is 2. The van der Waals surface area contributed by atoms with E-state index in [2.05, 4.69) is 11.0 Å². The Hall–Kier alpha value is -1.55. The Balaban J connectivity index is 2.12. The van der Waals surface area contributed by atoms with Gasteiger partial charge in [-0.2, -0.15) is 0 Å². The number of carbonyl (C=O) groups is 1. The summed E-state index contributed by atoms with van der Waals surface area (Å²) in [6.07, 6.45) is 2.57. The molecule has 25 heavy (non-hydrogen) atoms. The van der Waals surface area contributed by atoms with Gasteiger partial charge < -0.3 is 5.11 Å². The van der Waals surface area contributed by atoms with Crippen molar-refractivity contribution in [2.75, 3.05) is 6.54 Å². The van der Waals surface area contributed by atoms with Crippen LogP contribution >= 0.6 is 23.2 Å². The average molecular weight is 378 g/mol. The summed E-state index contributed by atoms with van der Waals surface area (Å²) in [7, 11) is 0. The van der Waals surface area contributed by atoms with Crippen molar-refractivity contribution in [1.29, 1.82) is 0 Å². The lowest BCUT2D eigenvalue weighted by atomic mass is 9.91. The Kier molecular flexibility index (Phi) is 5.67. The lowest BCUT2D eigenvalue weighted by Crippen LogP contribution is -2.46. The minimum absolute atomic E-state index is 0.203. The van der Waals surface area contributed by atoms with Crippen molar-refractivity contribution in [3.63, 3.8) is 0 Å². The number of nitrogens with zero attached hydrogens (tertiary/aromatic N) is 1. The van der Waals surface area contributed by atoms with Crippen molar-refractivity contribution in [3.05, 3.63) is 69.2 Å². The third-order valence-corrected chi connectivity index (χ3v) is 5.34. The zero-order chi connectivity index (χ0) is 18.0. The van der Waals surface area contributed by atoms with Gasteiger partial charge in [-0.15, -0.1) is 0 Å². The maximum atomic E-state index is 11.8. The van der Waals surface area contributed by atoms with E-state index in [-0.39, 0.29) is 6.04 Å². The number of carboxylic acids is 1. The molecule has 2 atom stereocenters. The van der Waals surface area contributed by atoms with Gasteiger partial charge >= 0.3 is 5.97 Å². The number of hydrogen-bond donors (Lipinski definition) is 1. The second kappa shape index (κ2) is 7.77. The van der Waals surface area contributed by atoms with Crippen LogP contribution in [0.15, 0.2) is 42.5 Å². The SMILES string of the molecule is Cc1cccc(C(c2ccc(Cl)cc2Cl)N2CCCCC2C(=O)O)c1. The molecule has 2 aromatic rings. The molecule has 2 unspecified atom stereocenters. The van der Waals surface area contributed by atoms with Gasteiger partial charge in [-0.1, -0.05) is 65.5 Å². The molecule has 0 amide bonds. The van der Waals surface area contributed by atoms with Crippen molar-refractivity contribution in [2.24, 2.45) is 0 Å². The highest BCUT2D eigenvalue weighted by Gasteiger charge is 2.35. The number of likely N-dealkylation sites (tertiary alicyclic amines) is 1. The quantitative estimate of drug-likeness (QED) is 0.782. The average Bonchev–Trinajstić information content (AvgIpc) is 2.57. The van der Waals surface area contributed by atoms with E-state index in [4.69, 9.17) is 23.2 Å². The summed E-state index contributed by atoms with van der Waals surface area (Å²) in [4.78, 5) is 13.9. The van der Waals surface area contributed by atoms with E-state index in [1.165, 1.54) is 0 Å². The summed E-state index contributed by atoms with van der Waals surface area (Å²) in [5.41, 5.74) is 3.08. The Bertz CT molecular complexity index is 778. The van der Waals surface area contributed by atoms with Gasteiger partial charge in [0.1, 0.15) is 6.04 Å². The maximum absolute atomic E-state index is 11.8. The van der Waals surface area contributed by atoms with Gasteiger partial charge in [-0.05, 0) is 49.6 Å². The first kappa shape index (κ1) is 18.2. The molecule has 3 rings (SSSR count). The topological polar surface area (TPSA) is 40.5 Å². The molecular weight excluding hydrogens is 357 g/mol. The highest BCUT2D eigenvalue weighted by molar-refractivity contribution is 6.35. The molecule has 1 saturated heterocycles. The summed E-state index contributed by atoms with van der Waals surface area (Å²) in [6.45, 7) is 2.77. The second-order valence-electron chi connectivity index (χ2n) is 6.57. The van der Waals surface area contributed by atoms with Gasteiger partial charge in [0.05, 0.1) is 6.04 Å². The summed E-state index contributed by atoms with van der Waals surface area (Å²) in [5.74, 6) is -0.776. The number of aryl methyl sites for hydroxylation is 1. The Labute approximate surface area is 158 Å². The molecule has 1 aliphatic heterocycles. The Morgan fingerprint density at radius 3 is 2.68 bits per heavy atom. The third kappa shape index (κ3) is 4.00. The van der Waals surface area contributed by atoms with Crippen LogP contribution in [0, 0.1) is 6.92 Å². The first-order valence-electron chi connectivity index (χ1n) is 8.47. The number of piperidine rings is 1. The van der Waals surface area contributed by atoms with Gasteiger partial charge in [0.15, 0.2) is 0 Å². The molecule has 0 radical (unpaired) electrons. The molecule has 1 aliphatic rings. The van der Waals surface area contributed by atoms with Crippen molar-refractivity contribution < 1.29 is 9.90 Å². The van der Waals surface area contributed by atoms with Crippen LogP contribution in [0.25, 0.3) is 0 Å². The van der Waals surface area contributed by atoms with E-state index in [1.807, 2.05) is 37.3 Å². The van der Waals surface area contributed by atoms with Crippen molar-refractivity contribution >= 4 is 29.2 Å². The Morgan fingerprint density at radius 2 is 2.00 bits per heavy atom. The maximum Gasteiger partial charge on any atom is 0.320 e. The lowest BCUT2D eigenvalue weighted by Gasteiger charge is -2.40. The molecule has 0 aliphatic carbocycles. The summed E-state index contributed by atoms with van der Waals surface area (Å²) >= 11 is 12.6. The number of aliphatic carboxylic acids is 1. The first-order chi connectivity index (χ1) is 12.0. The van der Waals surface area contributed by atoms with Crippen LogP contribution in [-0.2, 0) is 4.79 Å². The molecular formula is C20H21Cl2NO2. The molecule has 1 N–H and O–H groups in total. The largest absolute Gasteiger partial charge is 0.480 e. The summed E-state index contributed by atoms with van der Waals surface area (Å²) in [5, 5.41) is 10.9. The minimum atomic E-state index is -0.776. The Morgan fingerprint density at radius 1 is 1.20 bits per heavy atom. The van der Waals surface area contributed by atoms with Gasteiger partial charge in [0.2, 0.25) is 0 Å². The normalized spacial score (nSPS) is 19.6. The first-order valence-corrected chi connectivity index (χ1v) is 9.23. The van der Waals surface area contributed by atoms with Gasteiger partial charge in [-0.3, -0.25) is 9.69 Å². The standard InChI is InChI=1S/C20H21Cl2NO2/c1-13-5-4-6-14(11-13)19(16-9-8-15(21)12-17(16)22)23-10-3-2-7-18(23)20(24)25/h4-6,8-9,11-12,18-19H,2-3,7,10H2,1H3,(H,24,25). The fourth-order valence-corrected chi connectivity index (χ4v) is 4.15. The fraction of sp³-hybridized carbons (Fsp3) is 0.350. The van der Waals surface area contributed by atoms with E-state index < -0.39 is 12.0 Å². The van der Waals surface area contributed by atoms with E-state index >= 15 is 0 Å². The van der Waals surface area contributed by atoms with Crippen LogP contribution in [0.5, 0.6) is 0 Å². The smallest absolute Gasteiger partial charge is 0.320 e. The van der Waals surface area contributed by atoms with Crippen LogP contribution in [0.1, 0.15) is 42.0 Å². The van der Waals surface area contributed by atoms with Crippen molar-refractivity contribution in [3.8, 4) is 0 Å². The highest BCUT2D eigenvalue weighted by atomic mass is 35.5. The van der Waals surface area contributed by atoms with E-state index in [0.717, 1.165) is 36.1 Å². The molecule has 5 heteroatoms. The van der Waals surface area contributed by atoms with Crippen LogP contribution in [0.4, 0.5) is 0 Å². The monoisotopic (exact) mass is 377 g/mol. The van der Waals surface area contributed by atoms with E-state index in [9.17, 15) is 9.90 Å². The van der Waals surface area contributed by atoms with E-state index in [1.54, 1.807) is 6.07 Å². The molecule has 0 spiro atoms. The molecule has 3 nitrogen and oxygen atoms in total. The predicted octanol–water partition coefficient (Wildman–Crippen LogP) is 5.33.